The predicted molar refractivity (Wildman–Crippen MR) is 45.9 cm³/mol. The highest BCUT2D eigenvalue weighted by Gasteiger charge is 2.22. The predicted octanol–water partition coefficient (Wildman–Crippen LogP) is 0.891. The van der Waals surface area contributed by atoms with Crippen LogP contribution in [0.3, 0.4) is 0 Å². The minimum absolute atomic E-state index is 0.141. The van der Waals surface area contributed by atoms with E-state index in [1.165, 1.54) is 12.3 Å². The molecule has 0 aliphatic rings. The van der Waals surface area contributed by atoms with Crippen LogP contribution in [0.2, 0.25) is 0 Å². The van der Waals surface area contributed by atoms with Crippen molar-refractivity contribution in [2.75, 3.05) is 6.16 Å². The lowest BCUT2D eigenvalue weighted by Crippen LogP contribution is -2.11. The number of hydrogen-bond acceptors (Lipinski definition) is 3. The Hall–Kier alpha value is -0.770. The highest BCUT2D eigenvalue weighted by molar-refractivity contribution is 7.46. The van der Waals surface area contributed by atoms with E-state index in [-0.39, 0.29) is 5.69 Å². The molecule has 0 spiro atoms. The summed E-state index contributed by atoms with van der Waals surface area (Å²) in [7, 11) is -2.35. The van der Waals surface area contributed by atoms with E-state index in [4.69, 9.17) is 9.79 Å². The van der Waals surface area contributed by atoms with Crippen molar-refractivity contribution in [3.8, 4) is 0 Å². The van der Waals surface area contributed by atoms with Crippen molar-refractivity contribution >= 4 is 14.2 Å². The number of hydrogen-bond donors (Lipinski definition) is 3. The summed E-state index contributed by atoms with van der Waals surface area (Å²) in [6.07, 6.45) is -0.829. The molecular formula is C7H9FNO3P. The molecule has 6 heteroatoms. The molecule has 1 aromatic rings. The lowest BCUT2D eigenvalue weighted by atomic mass is 10.2. The molecular weight excluding hydrogens is 196 g/mol. The third-order valence-corrected chi connectivity index (χ3v) is 2.07. The second-order valence-electron chi connectivity index (χ2n) is 2.48. The van der Waals surface area contributed by atoms with Crippen molar-refractivity contribution < 1.29 is 19.0 Å². The van der Waals surface area contributed by atoms with Gasteiger partial charge in [0.25, 0.3) is 0 Å². The topological polar surface area (TPSA) is 73.3 Å². The Morgan fingerprint density at radius 2 is 2.38 bits per heavy atom. The van der Waals surface area contributed by atoms with Crippen molar-refractivity contribution in [3.63, 3.8) is 0 Å². The maximum absolute atomic E-state index is 13.1. The average Bonchev–Trinajstić information content (AvgIpc) is 2.53. The van der Waals surface area contributed by atoms with Gasteiger partial charge in [-0.05, 0) is 12.1 Å². The second kappa shape index (κ2) is 4.46. The maximum Gasteiger partial charge on any atom is 0.198 e. The highest BCUT2D eigenvalue weighted by atomic mass is 31.2. The van der Waals surface area contributed by atoms with Gasteiger partial charge in [-0.3, -0.25) is 4.79 Å². The first-order valence-electron chi connectivity index (χ1n) is 3.56. The zero-order valence-electron chi connectivity index (χ0n) is 6.64. The van der Waals surface area contributed by atoms with E-state index in [1.807, 2.05) is 0 Å². The third kappa shape index (κ3) is 2.88. The molecule has 0 aliphatic heterocycles. The van der Waals surface area contributed by atoms with Crippen LogP contribution in [-0.2, 0) is 4.79 Å². The number of ketones is 1. The summed E-state index contributed by atoms with van der Waals surface area (Å²) in [5.41, 5.74) is 0.141. The lowest BCUT2D eigenvalue weighted by molar-refractivity contribution is -0.121. The normalized spacial score (nSPS) is 13.2. The molecule has 0 radical (unpaired) electrons. The van der Waals surface area contributed by atoms with Crippen LogP contribution < -0.4 is 0 Å². The summed E-state index contributed by atoms with van der Waals surface area (Å²) in [6.45, 7) is 0. The second-order valence-corrected chi connectivity index (χ2v) is 3.55. The summed E-state index contributed by atoms with van der Waals surface area (Å²) in [6, 6.07) is 3.00. The number of Topliss-reactive ketones (excluding diaryl/α,β-unsaturated/α-hetero) is 1. The maximum atomic E-state index is 13.1. The van der Waals surface area contributed by atoms with Gasteiger partial charge < -0.3 is 14.8 Å². The average molecular weight is 205 g/mol. The summed E-state index contributed by atoms with van der Waals surface area (Å²) in [5, 5.41) is 0. The van der Waals surface area contributed by atoms with Crippen LogP contribution in [0.5, 0.6) is 0 Å². The first-order chi connectivity index (χ1) is 6.11. The molecule has 0 saturated carbocycles. The molecule has 1 unspecified atom stereocenters. The first kappa shape index (κ1) is 10.3. The summed E-state index contributed by atoms with van der Waals surface area (Å²) in [4.78, 5) is 30.5. The Morgan fingerprint density at radius 1 is 1.69 bits per heavy atom. The third-order valence-electron chi connectivity index (χ3n) is 1.48. The van der Waals surface area contributed by atoms with E-state index in [1.54, 1.807) is 6.07 Å². The van der Waals surface area contributed by atoms with Crippen LogP contribution >= 0.6 is 8.38 Å². The summed E-state index contributed by atoms with van der Waals surface area (Å²) in [5.74, 6) is -0.821. The van der Waals surface area contributed by atoms with Crippen molar-refractivity contribution in [1.82, 2.24) is 4.98 Å². The van der Waals surface area contributed by atoms with Gasteiger partial charge in [0.2, 0.25) is 0 Å². The van der Waals surface area contributed by atoms with Crippen molar-refractivity contribution in [2.45, 2.75) is 6.17 Å². The molecule has 4 nitrogen and oxygen atoms in total. The van der Waals surface area contributed by atoms with Crippen LogP contribution in [0.4, 0.5) is 4.39 Å². The molecule has 0 fully saturated rings. The Labute approximate surface area is 75.3 Å². The van der Waals surface area contributed by atoms with E-state index in [2.05, 4.69) is 4.98 Å². The molecule has 1 rings (SSSR count). The van der Waals surface area contributed by atoms with E-state index < -0.39 is 26.5 Å². The van der Waals surface area contributed by atoms with Gasteiger partial charge >= 0.3 is 0 Å². The number of H-pyrrole nitrogens is 1. The SMILES string of the molecule is O=C(CP(O)O)C(F)c1ccc[nH]1. The van der Waals surface area contributed by atoms with Crippen molar-refractivity contribution in [3.05, 3.63) is 24.0 Å². The summed E-state index contributed by atoms with van der Waals surface area (Å²) < 4.78 is 13.1. The van der Waals surface area contributed by atoms with Gasteiger partial charge in [0.1, 0.15) is 0 Å². The number of nitrogens with one attached hydrogen (secondary N) is 1. The molecule has 13 heavy (non-hydrogen) atoms. The Bertz CT molecular complexity index is 275. The molecule has 1 atom stereocenters. The van der Waals surface area contributed by atoms with Crippen LogP contribution in [0, 0.1) is 0 Å². The fourth-order valence-corrected chi connectivity index (χ4v) is 1.33. The van der Waals surface area contributed by atoms with Gasteiger partial charge in [0.05, 0.1) is 11.9 Å². The quantitative estimate of drug-likeness (QED) is 0.639. The zero-order valence-corrected chi connectivity index (χ0v) is 7.54. The van der Waals surface area contributed by atoms with Crippen LogP contribution in [0.15, 0.2) is 18.3 Å². The van der Waals surface area contributed by atoms with E-state index in [9.17, 15) is 9.18 Å². The number of aromatic nitrogens is 1. The monoisotopic (exact) mass is 205 g/mol. The van der Waals surface area contributed by atoms with Crippen LogP contribution in [0.25, 0.3) is 0 Å². The van der Waals surface area contributed by atoms with Crippen molar-refractivity contribution in [2.24, 2.45) is 0 Å². The molecule has 0 bridgehead atoms. The number of alkyl halides is 1. The van der Waals surface area contributed by atoms with Gasteiger partial charge in [-0.25, -0.2) is 4.39 Å². The molecule has 3 N–H and O–H groups in total. The number of aromatic amines is 1. The number of rotatable bonds is 4. The molecule has 1 aromatic heterocycles. The molecule has 0 aliphatic carbocycles. The van der Waals surface area contributed by atoms with Crippen molar-refractivity contribution in [1.29, 1.82) is 0 Å². The van der Waals surface area contributed by atoms with Gasteiger partial charge in [-0.15, -0.1) is 0 Å². The van der Waals surface area contributed by atoms with Crippen LogP contribution in [0.1, 0.15) is 11.9 Å². The minimum Gasteiger partial charge on any atom is -0.362 e. The molecule has 1 heterocycles. The number of carbonyl (C=O) groups excluding carboxylic acids is 1. The van der Waals surface area contributed by atoms with Gasteiger partial charge in [-0.2, -0.15) is 0 Å². The zero-order chi connectivity index (χ0) is 9.84. The Morgan fingerprint density at radius 3 is 2.85 bits per heavy atom. The van der Waals surface area contributed by atoms with E-state index in [0.717, 1.165) is 0 Å². The van der Waals surface area contributed by atoms with Gasteiger partial charge in [-0.1, -0.05) is 0 Å². The fourth-order valence-electron chi connectivity index (χ4n) is 0.895. The fraction of sp³-hybridized carbons (Fsp3) is 0.286. The molecule has 0 saturated heterocycles. The highest BCUT2D eigenvalue weighted by Crippen LogP contribution is 2.27. The number of halogens is 1. The van der Waals surface area contributed by atoms with E-state index >= 15 is 0 Å². The molecule has 0 aromatic carbocycles. The lowest BCUT2D eigenvalue weighted by Gasteiger charge is -2.05. The minimum atomic E-state index is -2.35. The van der Waals surface area contributed by atoms with Gasteiger partial charge in [0, 0.05) is 6.20 Å². The largest absolute Gasteiger partial charge is 0.362 e. The Balaban J connectivity index is 2.58. The summed E-state index contributed by atoms with van der Waals surface area (Å²) >= 11 is 0. The van der Waals surface area contributed by atoms with Crippen LogP contribution in [-0.4, -0.2) is 26.7 Å². The Kier molecular flexibility index (Phi) is 3.54. The first-order valence-corrected chi connectivity index (χ1v) is 5.00. The molecule has 72 valence electrons. The molecule has 0 amide bonds. The smallest absolute Gasteiger partial charge is 0.198 e. The van der Waals surface area contributed by atoms with Gasteiger partial charge in [0.15, 0.2) is 20.3 Å². The van der Waals surface area contributed by atoms with E-state index in [0.29, 0.717) is 0 Å². The number of carbonyl (C=O) groups is 1. The standard InChI is InChI=1S/C7H9FNO3P/c8-7(5-2-1-3-9-5)6(10)4-13(11)12/h1-3,7,9,11-12H,4H2.